The molecule has 0 aliphatic rings. The van der Waals surface area contributed by atoms with Gasteiger partial charge in [-0.1, -0.05) is 24.3 Å². The topological polar surface area (TPSA) is 65.8 Å². The molecule has 4 nitrogen and oxygen atoms in total. The van der Waals surface area contributed by atoms with Crippen molar-refractivity contribution in [2.45, 2.75) is 13.3 Å². The lowest BCUT2D eigenvalue weighted by Gasteiger charge is -2.08. The Bertz CT molecular complexity index is 659. The summed E-state index contributed by atoms with van der Waals surface area (Å²) in [5, 5.41) is 11.8. The van der Waals surface area contributed by atoms with E-state index in [9.17, 15) is 4.79 Å². The number of amides is 1. The van der Waals surface area contributed by atoms with E-state index in [1.54, 1.807) is 0 Å². The van der Waals surface area contributed by atoms with E-state index in [0.29, 0.717) is 17.7 Å². The molecule has 0 unspecified atom stereocenters. The third-order valence-electron chi connectivity index (χ3n) is 3.13. The van der Waals surface area contributed by atoms with Gasteiger partial charge in [0.1, 0.15) is 6.07 Å². The molecule has 1 heterocycles. The molecule has 0 radical (unpaired) electrons. The molecule has 100 valence electrons. The normalized spacial score (nSPS) is 9.80. The maximum absolute atomic E-state index is 12.0. The van der Waals surface area contributed by atoms with Crippen molar-refractivity contribution in [2.24, 2.45) is 0 Å². The summed E-state index contributed by atoms with van der Waals surface area (Å²) >= 11 is 0. The van der Waals surface area contributed by atoms with E-state index in [4.69, 9.17) is 5.26 Å². The van der Waals surface area contributed by atoms with Crippen molar-refractivity contribution < 1.29 is 4.79 Å². The zero-order valence-corrected chi connectivity index (χ0v) is 11.3. The standard InChI is InChI=1S/C16H15N3O/c1-12-4-2-3-5-13(12)7-9-19-16(20)15-11-18-8-6-14(15)10-17/h2-6,8,11H,7,9H2,1H3,(H,19,20). The largest absolute Gasteiger partial charge is 0.352 e. The summed E-state index contributed by atoms with van der Waals surface area (Å²) in [5.41, 5.74) is 3.08. The molecule has 1 N–H and O–H groups in total. The Labute approximate surface area is 118 Å². The molecule has 0 spiro atoms. The smallest absolute Gasteiger partial charge is 0.254 e. The van der Waals surface area contributed by atoms with Crippen LogP contribution in [0.5, 0.6) is 0 Å². The maximum atomic E-state index is 12.0. The molecule has 2 aromatic rings. The first-order valence-corrected chi connectivity index (χ1v) is 6.39. The zero-order chi connectivity index (χ0) is 14.4. The molecule has 0 atom stereocenters. The van der Waals surface area contributed by atoms with Crippen LogP contribution >= 0.6 is 0 Å². The van der Waals surface area contributed by atoms with E-state index < -0.39 is 0 Å². The van der Waals surface area contributed by atoms with Gasteiger partial charge in [-0.25, -0.2) is 0 Å². The first-order valence-electron chi connectivity index (χ1n) is 6.39. The van der Waals surface area contributed by atoms with Crippen molar-refractivity contribution in [3.8, 4) is 6.07 Å². The molecular weight excluding hydrogens is 250 g/mol. The lowest BCUT2D eigenvalue weighted by atomic mass is 10.1. The molecule has 1 aromatic heterocycles. The Balaban J connectivity index is 1.97. The summed E-state index contributed by atoms with van der Waals surface area (Å²) in [4.78, 5) is 15.9. The van der Waals surface area contributed by atoms with Crippen LogP contribution in [0.4, 0.5) is 0 Å². The van der Waals surface area contributed by atoms with Gasteiger partial charge in [0.15, 0.2) is 0 Å². The van der Waals surface area contributed by atoms with E-state index >= 15 is 0 Å². The van der Waals surface area contributed by atoms with Crippen LogP contribution in [0.15, 0.2) is 42.7 Å². The van der Waals surface area contributed by atoms with E-state index in [-0.39, 0.29) is 5.91 Å². The number of hydrogen-bond donors (Lipinski definition) is 1. The van der Waals surface area contributed by atoms with Gasteiger partial charge in [-0.15, -0.1) is 0 Å². The van der Waals surface area contributed by atoms with Gasteiger partial charge in [0, 0.05) is 18.9 Å². The Morgan fingerprint density at radius 1 is 1.35 bits per heavy atom. The number of carbonyl (C=O) groups excluding carboxylic acids is 1. The molecule has 20 heavy (non-hydrogen) atoms. The van der Waals surface area contributed by atoms with Crippen LogP contribution in [0.1, 0.15) is 27.0 Å². The van der Waals surface area contributed by atoms with Crippen molar-refractivity contribution in [2.75, 3.05) is 6.54 Å². The highest BCUT2D eigenvalue weighted by Gasteiger charge is 2.10. The fourth-order valence-corrected chi connectivity index (χ4v) is 1.97. The van der Waals surface area contributed by atoms with Gasteiger partial charge in [0.25, 0.3) is 5.91 Å². The van der Waals surface area contributed by atoms with Gasteiger partial charge in [-0.05, 0) is 30.5 Å². The second kappa shape index (κ2) is 6.48. The number of carbonyl (C=O) groups is 1. The molecule has 0 aliphatic carbocycles. The minimum atomic E-state index is -0.261. The third kappa shape index (κ3) is 3.21. The molecule has 0 saturated carbocycles. The second-order valence-corrected chi connectivity index (χ2v) is 4.47. The van der Waals surface area contributed by atoms with Gasteiger partial charge < -0.3 is 5.32 Å². The molecule has 2 rings (SSSR count). The average Bonchev–Trinajstić information content (AvgIpc) is 2.49. The lowest BCUT2D eigenvalue weighted by molar-refractivity contribution is 0.0953. The monoisotopic (exact) mass is 265 g/mol. The van der Waals surface area contributed by atoms with Crippen molar-refractivity contribution in [3.63, 3.8) is 0 Å². The van der Waals surface area contributed by atoms with Crippen LogP contribution < -0.4 is 5.32 Å². The molecule has 4 heteroatoms. The van der Waals surface area contributed by atoms with Gasteiger partial charge in [-0.3, -0.25) is 9.78 Å². The number of nitriles is 1. The Hall–Kier alpha value is -2.67. The molecule has 0 saturated heterocycles. The summed E-state index contributed by atoms with van der Waals surface area (Å²) in [5.74, 6) is -0.261. The Kier molecular flexibility index (Phi) is 4.46. The van der Waals surface area contributed by atoms with Gasteiger partial charge in [-0.2, -0.15) is 5.26 Å². The predicted octanol–water partition coefficient (Wildman–Crippen LogP) is 2.23. The van der Waals surface area contributed by atoms with Crippen LogP contribution in [-0.2, 0) is 6.42 Å². The average molecular weight is 265 g/mol. The van der Waals surface area contributed by atoms with Gasteiger partial charge in [0.2, 0.25) is 0 Å². The highest BCUT2D eigenvalue weighted by Crippen LogP contribution is 2.08. The fourth-order valence-electron chi connectivity index (χ4n) is 1.97. The number of aromatic nitrogens is 1. The number of pyridine rings is 1. The van der Waals surface area contributed by atoms with E-state index in [1.165, 1.54) is 29.6 Å². The minimum Gasteiger partial charge on any atom is -0.352 e. The van der Waals surface area contributed by atoms with Crippen LogP contribution in [0, 0.1) is 18.3 Å². The number of aryl methyl sites for hydroxylation is 1. The number of benzene rings is 1. The molecule has 1 aromatic carbocycles. The quantitative estimate of drug-likeness (QED) is 0.922. The fraction of sp³-hybridized carbons (Fsp3) is 0.188. The van der Waals surface area contributed by atoms with Crippen LogP contribution in [0.25, 0.3) is 0 Å². The molecule has 0 bridgehead atoms. The molecular formula is C16H15N3O. The van der Waals surface area contributed by atoms with Crippen molar-refractivity contribution >= 4 is 5.91 Å². The number of nitrogens with one attached hydrogen (secondary N) is 1. The summed E-state index contributed by atoms with van der Waals surface area (Å²) in [6, 6.07) is 11.6. The Morgan fingerprint density at radius 3 is 2.90 bits per heavy atom. The third-order valence-corrected chi connectivity index (χ3v) is 3.13. The van der Waals surface area contributed by atoms with Crippen LogP contribution in [0.2, 0.25) is 0 Å². The van der Waals surface area contributed by atoms with E-state index in [2.05, 4.69) is 10.3 Å². The van der Waals surface area contributed by atoms with Crippen molar-refractivity contribution in [1.29, 1.82) is 5.26 Å². The zero-order valence-electron chi connectivity index (χ0n) is 11.3. The molecule has 1 amide bonds. The summed E-state index contributed by atoms with van der Waals surface area (Å²) < 4.78 is 0. The van der Waals surface area contributed by atoms with E-state index in [1.807, 2.05) is 37.3 Å². The lowest BCUT2D eigenvalue weighted by Crippen LogP contribution is -2.26. The molecule has 0 fully saturated rings. The summed E-state index contributed by atoms with van der Waals surface area (Å²) in [7, 11) is 0. The Morgan fingerprint density at radius 2 is 2.15 bits per heavy atom. The highest BCUT2D eigenvalue weighted by atomic mass is 16.1. The molecule has 0 aliphatic heterocycles. The predicted molar refractivity (Wildman–Crippen MR) is 76.2 cm³/mol. The van der Waals surface area contributed by atoms with Gasteiger partial charge >= 0.3 is 0 Å². The first kappa shape index (κ1) is 13.8. The summed E-state index contributed by atoms with van der Waals surface area (Å²) in [6.45, 7) is 2.58. The maximum Gasteiger partial charge on any atom is 0.254 e. The second-order valence-electron chi connectivity index (χ2n) is 4.47. The van der Waals surface area contributed by atoms with Crippen LogP contribution in [0.3, 0.4) is 0 Å². The highest BCUT2D eigenvalue weighted by molar-refractivity contribution is 5.96. The first-order chi connectivity index (χ1) is 9.72. The van der Waals surface area contributed by atoms with Crippen LogP contribution in [-0.4, -0.2) is 17.4 Å². The van der Waals surface area contributed by atoms with Crippen molar-refractivity contribution in [3.05, 3.63) is 65.0 Å². The SMILES string of the molecule is Cc1ccccc1CCNC(=O)c1cnccc1C#N. The van der Waals surface area contributed by atoms with E-state index in [0.717, 1.165) is 6.42 Å². The van der Waals surface area contributed by atoms with Gasteiger partial charge in [0.05, 0.1) is 11.1 Å². The van der Waals surface area contributed by atoms with Crippen molar-refractivity contribution in [1.82, 2.24) is 10.3 Å². The minimum absolute atomic E-state index is 0.261. The summed E-state index contributed by atoms with van der Waals surface area (Å²) in [6.07, 6.45) is 3.69. The number of rotatable bonds is 4. The number of nitrogens with zero attached hydrogens (tertiary/aromatic N) is 2. The number of hydrogen-bond acceptors (Lipinski definition) is 3.